The molecule has 1 aromatic carbocycles. The van der Waals surface area contributed by atoms with Gasteiger partial charge in [0.25, 0.3) is 0 Å². The lowest BCUT2D eigenvalue weighted by molar-refractivity contribution is 0.0376. The van der Waals surface area contributed by atoms with Crippen molar-refractivity contribution < 1.29 is 17.5 Å². The van der Waals surface area contributed by atoms with Crippen LogP contribution < -0.4 is 10.5 Å². The highest BCUT2D eigenvalue weighted by Crippen LogP contribution is 2.16. The molecule has 1 aromatic rings. The zero-order valence-electron chi connectivity index (χ0n) is 11.7. The Morgan fingerprint density at radius 1 is 1.33 bits per heavy atom. The number of halogens is 1. The van der Waals surface area contributed by atoms with Crippen LogP contribution in [0, 0.1) is 5.82 Å². The highest BCUT2D eigenvalue weighted by molar-refractivity contribution is 7.89. The minimum Gasteiger partial charge on any atom is -0.396 e. The second-order valence-corrected chi connectivity index (χ2v) is 6.66. The van der Waals surface area contributed by atoms with E-state index in [1.165, 1.54) is 6.07 Å². The first-order chi connectivity index (χ1) is 9.99. The standard InChI is InChI=1S/C13H20FN3O3S/c14-12-3-2-11(10-13(12)15)21(18,19)16-4-1-5-17-6-8-20-9-7-17/h2-3,10,16H,1,4-9,15H2. The molecule has 1 heterocycles. The number of hydrogen-bond acceptors (Lipinski definition) is 5. The Morgan fingerprint density at radius 2 is 2.05 bits per heavy atom. The Bertz CT molecular complexity index is 574. The van der Waals surface area contributed by atoms with Crippen molar-refractivity contribution in [3.63, 3.8) is 0 Å². The van der Waals surface area contributed by atoms with Gasteiger partial charge >= 0.3 is 0 Å². The molecule has 2 rings (SSSR count). The number of rotatable bonds is 6. The van der Waals surface area contributed by atoms with Crippen LogP contribution in [-0.4, -0.2) is 52.7 Å². The average molecular weight is 317 g/mol. The maximum absolute atomic E-state index is 13.0. The number of sulfonamides is 1. The largest absolute Gasteiger partial charge is 0.396 e. The van der Waals surface area contributed by atoms with Gasteiger partial charge in [0, 0.05) is 19.6 Å². The predicted octanol–water partition coefficient (Wildman–Crippen LogP) is 0.408. The Labute approximate surface area is 124 Å². The van der Waals surface area contributed by atoms with Crippen LogP contribution in [0.15, 0.2) is 23.1 Å². The zero-order valence-corrected chi connectivity index (χ0v) is 12.5. The minimum atomic E-state index is -3.64. The summed E-state index contributed by atoms with van der Waals surface area (Å²) in [5.41, 5.74) is 5.21. The Morgan fingerprint density at radius 3 is 2.71 bits per heavy atom. The van der Waals surface area contributed by atoms with Gasteiger partial charge < -0.3 is 10.5 Å². The molecule has 0 unspecified atom stereocenters. The van der Waals surface area contributed by atoms with E-state index in [0.717, 1.165) is 45.0 Å². The van der Waals surface area contributed by atoms with Crippen LogP contribution in [0.3, 0.4) is 0 Å². The lowest BCUT2D eigenvalue weighted by Crippen LogP contribution is -2.38. The summed E-state index contributed by atoms with van der Waals surface area (Å²) in [4.78, 5) is 2.21. The van der Waals surface area contributed by atoms with Gasteiger partial charge in [-0.15, -0.1) is 0 Å². The highest BCUT2D eigenvalue weighted by Gasteiger charge is 2.15. The van der Waals surface area contributed by atoms with E-state index in [0.29, 0.717) is 13.0 Å². The summed E-state index contributed by atoms with van der Waals surface area (Å²) in [5.74, 6) is -0.624. The Balaban J connectivity index is 1.82. The monoisotopic (exact) mass is 317 g/mol. The van der Waals surface area contributed by atoms with Crippen molar-refractivity contribution in [2.45, 2.75) is 11.3 Å². The van der Waals surface area contributed by atoms with Crippen molar-refractivity contribution in [1.82, 2.24) is 9.62 Å². The summed E-state index contributed by atoms with van der Waals surface area (Å²) in [7, 11) is -3.64. The summed E-state index contributed by atoms with van der Waals surface area (Å²) in [5, 5.41) is 0. The second-order valence-electron chi connectivity index (χ2n) is 4.89. The van der Waals surface area contributed by atoms with Crippen LogP contribution in [0.5, 0.6) is 0 Å². The molecule has 8 heteroatoms. The smallest absolute Gasteiger partial charge is 0.240 e. The van der Waals surface area contributed by atoms with Gasteiger partial charge in [0.1, 0.15) is 5.82 Å². The molecule has 0 spiro atoms. The first kappa shape index (κ1) is 16.2. The number of anilines is 1. The molecule has 1 saturated heterocycles. The van der Waals surface area contributed by atoms with Crippen molar-refractivity contribution in [2.75, 3.05) is 45.1 Å². The fourth-order valence-corrected chi connectivity index (χ4v) is 3.22. The number of benzene rings is 1. The topological polar surface area (TPSA) is 84.7 Å². The van der Waals surface area contributed by atoms with Crippen molar-refractivity contribution >= 4 is 15.7 Å². The van der Waals surface area contributed by atoms with E-state index in [2.05, 4.69) is 9.62 Å². The predicted molar refractivity (Wildman–Crippen MR) is 77.9 cm³/mol. The molecule has 0 atom stereocenters. The molecule has 0 radical (unpaired) electrons. The zero-order chi connectivity index (χ0) is 15.3. The number of nitrogens with two attached hydrogens (primary N) is 1. The first-order valence-electron chi connectivity index (χ1n) is 6.84. The van der Waals surface area contributed by atoms with Gasteiger partial charge in [-0.05, 0) is 31.2 Å². The number of nitrogens with one attached hydrogen (secondary N) is 1. The van der Waals surface area contributed by atoms with Gasteiger partial charge in [-0.1, -0.05) is 0 Å². The fraction of sp³-hybridized carbons (Fsp3) is 0.538. The van der Waals surface area contributed by atoms with E-state index < -0.39 is 15.8 Å². The maximum Gasteiger partial charge on any atom is 0.240 e. The summed E-state index contributed by atoms with van der Waals surface area (Å²) >= 11 is 0. The van der Waals surface area contributed by atoms with E-state index in [4.69, 9.17) is 10.5 Å². The number of morpholine rings is 1. The Kier molecular flexibility index (Phi) is 5.51. The van der Waals surface area contributed by atoms with Crippen LogP contribution in [-0.2, 0) is 14.8 Å². The molecule has 0 saturated carbocycles. The van der Waals surface area contributed by atoms with E-state index in [-0.39, 0.29) is 10.6 Å². The molecular formula is C13H20FN3O3S. The molecule has 118 valence electrons. The van der Waals surface area contributed by atoms with Crippen LogP contribution in [0.1, 0.15) is 6.42 Å². The quantitative estimate of drug-likeness (QED) is 0.586. The van der Waals surface area contributed by atoms with Crippen LogP contribution >= 0.6 is 0 Å². The van der Waals surface area contributed by atoms with Gasteiger partial charge in [0.2, 0.25) is 10.0 Å². The molecule has 1 aliphatic heterocycles. The third-order valence-electron chi connectivity index (χ3n) is 3.32. The number of ether oxygens (including phenoxy) is 1. The number of nitrogen functional groups attached to an aromatic ring is 1. The highest BCUT2D eigenvalue weighted by atomic mass is 32.2. The van der Waals surface area contributed by atoms with E-state index in [1.54, 1.807) is 0 Å². The van der Waals surface area contributed by atoms with Gasteiger partial charge in [-0.25, -0.2) is 17.5 Å². The molecule has 3 N–H and O–H groups in total. The number of nitrogens with zero attached hydrogens (tertiary/aromatic N) is 1. The fourth-order valence-electron chi connectivity index (χ4n) is 2.11. The third-order valence-corrected chi connectivity index (χ3v) is 4.78. The third kappa shape index (κ3) is 4.63. The van der Waals surface area contributed by atoms with Gasteiger partial charge in [-0.2, -0.15) is 0 Å². The molecule has 0 amide bonds. The molecule has 0 aliphatic carbocycles. The average Bonchev–Trinajstić information content (AvgIpc) is 2.47. The molecule has 1 aliphatic rings. The van der Waals surface area contributed by atoms with Crippen molar-refractivity contribution in [2.24, 2.45) is 0 Å². The van der Waals surface area contributed by atoms with Gasteiger partial charge in [-0.3, -0.25) is 4.90 Å². The van der Waals surface area contributed by atoms with Crippen molar-refractivity contribution in [3.8, 4) is 0 Å². The Hall–Kier alpha value is -1.22. The molecule has 1 fully saturated rings. The van der Waals surface area contributed by atoms with Crippen LogP contribution in [0.2, 0.25) is 0 Å². The van der Waals surface area contributed by atoms with E-state index in [9.17, 15) is 12.8 Å². The van der Waals surface area contributed by atoms with Crippen molar-refractivity contribution in [1.29, 1.82) is 0 Å². The van der Waals surface area contributed by atoms with Crippen LogP contribution in [0.25, 0.3) is 0 Å². The van der Waals surface area contributed by atoms with Crippen LogP contribution in [0.4, 0.5) is 10.1 Å². The second kappa shape index (κ2) is 7.17. The maximum atomic E-state index is 13.0. The minimum absolute atomic E-state index is 0.0206. The molecule has 6 nitrogen and oxygen atoms in total. The van der Waals surface area contributed by atoms with E-state index >= 15 is 0 Å². The van der Waals surface area contributed by atoms with Crippen molar-refractivity contribution in [3.05, 3.63) is 24.0 Å². The molecular weight excluding hydrogens is 297 g/mol. The first-order valence-corrected chi connectivity index (χ1v) is 8.32. The van der Waals surface area contributed by atoms with Gasteiger partial charge in [0.15, 0.2) is 0 Å². The summed E-state index contributed by atoms with van der Waals surface area (Å²) in [6.45, 7) is 4.35. The SMILES string of the molecule is Nc1cc(S(=O)(=O)NCCCN2CCOCC2)ccc1F. The summed E-state index contributed by atoms with van der Waals surface area (Å²) in [6, 6.07) is 3.38. The van der Waals surface area contributed by atoms with Gasteiger partial charge in [0.05, 0.1) is 23.8 Å². The lowest BCUT2D eigenvalue weighted by Gasteiger charge is -2.26. The molecule has 21 heavy (non-hydrogen) atoms. The molecule has 0 bridgehead atoms. The summed E-state index contributed by atoms with van der Waals surface area (Å²) < 4.78 is 44.8. The lowest BCUT2D eigenvalue weighted by atomic mass is 10.3. The normalized spacial score (nSPS) is 17.0. The number of hydrogen-bond donors (Lipinski definition) is 2. The van der Waals surface area contributed by atoms with E-state index in [1.807, 2.05) is 0 Å². The molecule has 0 aromatic heterocycles. The summed E-state index contributed by atoms with van der Waals surface area (Å²) in [6.07, 6.45) is 0.704.